The normalized spacial score (nSPS) is 13.3. The first-order valence-corrected chi connectivity index (χ1v) is 11.0. The number of imidazole rings is 1. The number of rotatable bonds is 14. The van der Waals surface area contributed by atoms with E-state index in [2.05, 4.69) is 61.2 Å². The number of anilines is 1. The van der Waals surface area contributed by atoms with Crippen molar-refractivity contribution < 1.29 is 9.90 Å². The topological polar surface area (TPSA) is 78.0 Å². The van der Waals surface area contributed by atoms with Crippen molar-refractivity contribution in [3.05, 3.63) is 47.3 Å². The van der Waals surface area contributed by atoms with E-state index in [1.165, 1.54) is 29.6 Å². The van der Waals surface area contributed by atoms with E-state index in [1.807, 2.05) is 0 Å². The van der Waals surface area contributed by atoms with Gasteiger partial charge in [0.05, 0.1) is 0 Å². The Kier molecular flexibility index (Phi) is 12.1. The van der Waals surface area contributed by atoms with Gasteiger partial charge in [0.1, 0.15) is 6.04 Å². The fourth-order valence-corrected chi connectivity index (χ4v) is 3.59. The van der Waals surface area contributed by atoms with Gasteiger partial charge in [-0.25, -0.2) is 9.78 Å². The van der Waals surface area contributed by atoms with Crippen molar-refractivity contribution in [2.24, 2.45) is 0 Å². The van der Waals surface area contributed by atoms with Crippen molar-refractivity contribution in [2.75, 3.05) is 16.8 Å². The second-order valence-electron chi connectivity index (χ2n) is 7.32. The molecule has 5 nitrogen and oxygen atoms in total. The second kappa shape index (κ2) is 14.1. The lowest BCUT2D eigenvalue weighted by Gasteiger charge is -2.12. The SMILES string of the molecule is CC(C)=CCCC/C(C)=C/CC/C(C)=C/CSCC(Nc1ncc[nH]1)C(=O)O. The van der Waals surface area contributed by atoms with Crippen LogP contribution in [0.5, 0.6) is 0 Å². The zero-order chi connectivity index (χ0) is 20.8. The summed E-state index contributed by atoms with van der Waals surface area (Å²) < 4.78 is 0. The van der Waals surface area contributed by atoms with Crippen LogP contribution in [0.3, 0.4) is 0 Å². The number of nitrogens with one attached hydrogen (secondary N) is 2. The van der Waals surface area contributed by atoms with Crippen molar-refractivity contribution in [2.45, 2.75) is 65.8 Å². The quantitative estimate of drug-likeness (QED) is 0.269. The van der Waals surface area contributed by atoms with E-state index >= 15 is 0 Å². The monoisotopic (exact) mass is 405 g/mol. The van der Waals surface area contributed by atoms with Crippen LogP contribution in [-0.4, -0.2) is 38.6 Å². The lowest BCUT2D eigenvalue weighted by molar-refractivity contribution is -0.137. The summed E-state index contributed by atoms with van der Waals surface area (Å²) in [6.45, 7) is 8.66. The zero-order valence-corrected chi connectivity index (χ0v) is 18.4. The van der Waals surface area contributed by atoms with Crippen LogP contribution in [0.1, 0.15) is 59.8 Å². The molecule has 0 saturated heterocycles. The van der Waals surface area contributed by atoms with E-state index in [9.17, 15) is 9.90 Å². The third kappa shape index (κ3) is 11.7. The predicted molar refractivity (Wildman–Crippen MR) is 121 cm³/mol. The number of carboxylic acids is 1. The van der Waals surface area contributed by atoms with Gasteiger partial charge in [-0.1, -0.05) is 34.9 Å². The van der Waals surface area contributed by atoms with E-state index in [-0.39, 0.29) is 0 Å². The summed E-state index contributed by atoms with van der Waals surface area (Å²) in [5, 5.41) is 12.2. The van der Waals surface area contributed by atoms with E-state index in [0.29, 0.717) is 11.7 Å². The first-order chi connectivity index (χ1) is 13.4. The molecule has 1 heterocycles. The summed E-state index contributed by atoms with van der Waals surface area (Å²) in [5.74, 6) is 0.934. The lowest BCUT2D eigenvalue weighted by Crippen LogP contribution is -2.32. The van der Waals surface area contributed by atoms with Gasteiger partial charge in [0.25, 0.3) is 0 Å². The van der Waals surface area contributed by atoms with Gasteiger partial charge >= 0.3 is 5.97 Å². The first-order valence-electron chi connectivity index (χ1n) is 9.89. The molecule has 3 N–H and O–H groups in total. The molecule has 6 heteroatoms. The molecule has 0 aromatic carbocycles. The molecule has 28 heavy (non-hydrogen) atoms. The Bertz CT molecular complexity index is 659. The van der Waals surface area contributed by atoms with Gasteiger partial charge in [0.2, 0.25) is 5.95 Å². The number of allylic oxidation sites excluding steroid dienone is 5. The van der Waals surface area contributed by atoms with Gasteiger partial charge in [0.15, 0.2) is 0 Å². The van der Waals surface area contributed by atoms with Gasteiger partial charge < -0.3 is 15.4 Å². The molecule has 1 unspecified atom stereocenters. The maximum absolute atomic E-state index is 11.3. The molecule has 0 radical (unpaired) electrons. The van der Waals surface area contributed by atoms with Crippen LogP contribution in [0, 0.1) is 0 Å². The Balaban J connectivity index is 2.23. The number of carbonyl (C=O) groups is 1. The highest BCUT2D eigenvalue weighted by atomic mass is 32.2. The Hall–Kier alpha value is -1.95. The minimum Gasteiger partial charge on any atom is -0.480 e. The van der Waals surface area contributed by atoms with Crippen LogP contribution < -0.4 is 5.32 Å². The van der Waals surface area contributed by atoms with Gasteiger partial charge in [-0.3, -0.25) is 0 Å². The van der Waals surface area contributed by atoms with Crippen LogP contribution in [-0.2, 0) is 4.79 Å². The summed E-state index contributed by atoms with van der Waals surface area (Å²) in [5.41, 5.74) is 4.22. The number of thioether (sulfide) groups is 1. The third-order valence-corrected chi connectivity index (χ3v) is 5.27. The van der Waals surface area contributed by atoms with Crippen molar-refractivity contribution in [3.8, 4) is 0 Å². The molecule has 1 atom stereocenters. The fourth-order valence-electron chi connectivity index (χ4n) is 2.59. The van der Waals surface area contributed by atoms with Gasteiger partial charge in [0, 0.05) is 23.9 Å². The third-order valence-electron chi connectivity index (χ3n) is 4.30. The second-order valence-corrected chi connectivity index (χ2v) is 8.40. The van der Waals surface area contributed by atoms with E-state index in [1.54, 1.807) is 24.2 Å². The highest BCUT2D eigenvalue weighted by molar-refractivity contribution is 7.99. The van der Waals surface area contributed by atoms with Crippen LogP contribution in [0.25, 0.3) is 0 Å². The fraction of sp³-hybridized carbons (Fsp3) is 0.545. The Morgan fingerprint density at radius 2 is 1.93 bits per heavy atom. The van der Waals surface area contributed by atoms with Crippen molar-refractivity contribution >= 4 is 23.7 Å². The molecule has 0 saturated carbocycles. The van der Waals surface area contributed by atoms with Crippen LogP contribution in [0.4, 0.5) is 5.95 Å². The van der Waals surface area contributed by atoms with Crippen molar-refractivity contribution in [1.82, 2.24) is 9.97 Å². The van der Waals surface area contributed by atoms with Gasteiger partial charge in [-0.15, -0.1) is 0 Å². The molecule has 1 aromatic rings. The number of unbranched alkanes of at least 4 members (excludes halogenated alkanes) is 1. The summed E-state index contributed by atoms with van der Waals surface area (Å²) in [6.07, 6.45) is 15.8. The molecule has 0 aliphatic heterocycles. The van der Waals surface area contributed by atoms with Crippen LogP contribution in [0.2, 0.25) is 0 Å². The van der Waals surface area contributed by atoms with E-state index < -0.39 is 12.0 Å². The Morgan fingerprint density at radius 1 is 1.18 bits per heavy atom. The van der Waals surface area contributed by atoms with Crippen LogP contribution in [0.15, 0.2) is 47.3 Å². The van der Waals surface area contributed by atoms with E-state index in [4.69, 9.17) is 0 Å². The summed E-state index contributed by atoms with van der Waals surface area (Å²) in [6, 6.07) is -0.651. The first kappa shape index (κ1) is 24.1. The molecular formula is C22H35N3O2S. The standard InChI is InChI=1S/C22H35N3O2S/c1-17(2)8-5-6-9-18(3)10-7-11-19(4)12-15-28-16-20(21(26)27)25-22-23-13-14-24-22/h8,10,12-14,20H,5-7,9,11,15-16H2,1-4H3,(H,26,27)(H2,23,24,25)/b18-10+,19-12+. The largest absolute Gasteiger partial charge is 0.480 e. The smallest absolute Gasteiger partial charge is 0.327 e. The average Bonchev–Trinajstić information content (AvgIpc) is 3.14. The molecule has 0 bridgehead atoms. The van der Waals surface area contributed by atoms with Crippen molar-refractivity contribution in [1.29, 1.82) is 0 Å². The number of hydrogen-bond donors (Lipinski definition) is 3. The van der Waals surface area contributed by atoms with E-state index in [0.717, 1.165) is 25.0 Å². The number of carboxylic acid groups (broad SMARTS) is 1. The van der Waals surface area contributed by atoms with Gasteiger partial charge in [-0.05, 0) is 59.8 Å². The maximum atomic E-state index is 11.3. The van der Waals surface area contributed by atoms with Crippen molar-refractivity contribution in [3.63, 3.8) is 0 Å². The predicted octanol–water partition coefficient (Wildman–Crippen LogP) is 5.82. The Morgan fingerprint density at radius 3 is 2.57 bits per heavy atom. The number of aromatic amines is 1. The summed E-state index contributed by atoms with van der Waals surface area (Å²) >= 11 is 1.61. The molecule has 1 aromatic heterocycles. The molecule has 156 valence electrons. The molecule has 1 rings (SSSR count). The minimum absolute atomic E-state index is 0.489. The molecule has 0 spiro atoms. The summed E-state index contributed by atoms with van der Waals surface area (Å²) in [7, 11) is 0. The molecular weight excluding hydrogens is 370 g/mol. The molecule has 0 fully saturated rings. The number of nitrogens with zero attached hydrogens (tertiary/aromatic N) is 1. The van der Waals surface area contributed by atoms with Gasteiger partial charge in [-0.2, -0.15) is 11.8 Å². The summed E-state index contributed by atoms with van der Waals surface area (Å²) in [4.78, 5) is 18.2. The molecule has 0 amide bonds. The molecule has 0 aliphatic carbocycles. The maximum Gasteiger partial charge on any atom is 0.327 e. The highest BCUT2D eigenvalue weighted by Crippen LogP contribution is 2.14. The number of aromatic nitrogens is 2. The number of H-pyrrole nitrogens is 1. The molecule has 0 aliphatic rings. The zero-order valence-electron chi connectivity index (χ0n) is 17.6. The Labute approximate surface area is 173 Å². The highest BCUT2D eigenvalue weighted by Gasteiger charge is 2.17. The number of aliphatic carboxylic acids is 1. The number of hydrogen-bond acceptors (Lipinski definition) is 4. The average molecular weight is 406 g/mol. The van der Waals surface area contributed by atoms with Crippen LogP contribution >= 0.6 is 11.8 Å². The lowest BCUT2D eigenvalue weighted by atomic mass is 10.1. The minimum atomic E-state index is -0.866.